The van der Waals surface area contributed by atoms with Crippen molar-refractivity contribution >= 4 is 17.4 Å². The number of urea groups is 1. The summed E-state index contributed by atoms with van der Waals surface area (Å²) >= 11 is 0. The summed E-state index contributed by atoms with van der Waals surface area (Å²) in [5.74, 6) is 0.577. The van der Waals surface area contributed by atoms with E-state index in [1.54, 1.807) is 0 Å². The number of anilines is 2. The lowest BCUT2D eigenvalue weighted by Gasteiger charge is -2.39. The van der Waals surface area contributed by atoms with E-state index in [4.69, 9.17) is 0 Å². The van der Waals surface area contributed by atoms with Crippen molar-refractivity contribution in [3.8, 4) is 0 Å². The number of nitrogens with zero attached hydrogens (tertiary/aromatic N) is 3. The molecule has 3 saturated heterocycles. The van der Waals surface area contributed by atoms with E-state index in [1.165, 1.54) is 11.3 Å². The van der Waals surface area contributed by atoms with Crippen molar-refractivity contribution in [2.24, 2.45) is 0 Å². The Morgan fingerprint density at radius 3 is 2.32 bits per heavy atom. The van der Waals surface area contributed by atoms with Crippen molar-refractivity contribution in [2.75, 3.05) is 42.9 Å². The molecule has 2 amide bonds. The molecule has 31 heavy (non-hydrogen) atoms. The van der Waals surface area contributed by atoms with Crippen LogP contribution >= 0.6 is 0 Å². The Morgan fingerprint density at radius 2 is 1.65 bits per heavy atom. The van der Waals surface area contributed by atoms with Gasteiger partial charge in [-0.1, -0.05) is 43.3 Å². The molecule has 164 valence electrons. The molecule has 3 atom stereocenters. The number of hydrogen-bond acceptors (Lipinski definition) is 3. The topological polar surface area (TPSA) is 38.8 Å². The fraction of sp³-hybridized carbons (Fsp3) is 0.500. The molecular formula is C26H34N4O. The van der Waals surface area contributed by atoms with Crippen molar-refractivity contribution in [2.45, 2.75) is 50.6 Å². The van der Waals surface area contributed by atoms with Gasteiger partial charge in [-0.05, 0) is 61.9 Å². The third-order valence-electron chi connectivity index (χ3n) is 7.52. The van der Waals surface area contributed by atoms with Crippen LogP contribution in [0.5, 0.6) is 0 Å². The van der Waals surface area contributed by atoms with Crippen LogP contribution in [0.2, 0.25) is 0 Å². The number of carbonyl (C=O) groups is 1. The summed E-state index contributed by atoms with van der Waals surface area (Å²) < 4.78 is 0. The normalized spacial score (nSPS) is 26.2. The summed E-state index contributed by atoms with van der Waals surface area (Å²) in [5, 5.41) is 3.22. The summed E-state index contributed by atoms with van der Waals surface area (Å²) in [6.45, 7) is 7.64. The standard InChI is InChI=1S/C26H34N4O/c1-2-28-13-15-29(16-14-28)23-10-6-9-22(19-23)27-26(31)30-24-11-12-25(30)18-21(17-24)20-7-4-3-5-8-20/h3-10,19,21,24-25H,2,11-18H2,1H3,(H,27,31)/t21?,24-,25+. The number of fused-ring (bicyclic) bond motifs is 2. The molecule has 0 aliphatic carbocycles. The van der Waals surface area contributed by atoms with Crippen molar-refractivity contribution in [3.05, 3.63) is 60.2 Å². The SMILES string of the molecule is CCN1CCN(c2cccc(NC(=O)N3[C@@H]4CC[C@H]3CC(c3ccccc3)C4)c2)CC1. The van der Waals surface area contributed by atoms with Gasteiger partial charge < -0.3 is 20.0 Å². The second-order valence-corrected chi connectivity index (χ2v) is 9.27. The van der Waals surface area contributed by atoms with Crippen molar-refractivity contribution < 1.29 is 4.79 Å². The Labute approximate surface area is 186 Å². The third kappa shape index (κ3) is 4.29. The van der Waals surface area contributed by atoms with E-state index in [0.717, 1.165) is 64.1 Å². The lowest BCUT2D eigenvalue weighted by atomic mass is 9.85. The molecule has 2 aromatic rings. The maximum Gasteiger partial charge on any atom is 0.322 e. The van der Waals surface area contributed by atoms with Crippen LogP contribution in [0.25, 0.3) is 0 Å². The van der Waals surface area contributed by atoms with Crippen LogP contribution < -0.4 is 10.2 Å². The van der Waals surface area contributed by atoms with E-state index in [9.17, 15) is 4.79 Å². The second kappa shape index (κ2) is 8.91. The first-order valence-electron chi connectivity index (χ1n) is 11.9. The number of hydrogen-bond donors (Lipinski definition) is 1. The number of piperidine rings is 1. The largest absolute Gasteiger partial charge is 0.369 e. The first-order valence-corrected chi connectivity index (χ1v) is 11.9. The number of piperazine rings is 1. The van der Waals surface area contributed by atoms with Gasteiger partial charge in [-0.2, -0.15) is 0 Å². The molecule has 0 spiro atoms. The maximum absolute atomic E-state index is 13.2. The van der Waals surface area contributed by atoms with Gasteiger partial charge >= 0.3 is 6.03 Å². The summed E-state index contributed by atoms with van der Waals surface area (Å²) in [6.07, 6.45) is 4.41. The first-order chi connectivity index (χ1) is 15.2. The van der Waals surface area contributed by atoms with Crippen LogP contribution in [0.3, 0.4) is 0 Å². The van der Waals surface area contributed by atoms with Gasteiger partial charge in [-0.25, -0.2) is 4.79 Å². The molecule has 0 aromatic heterocycles. The van der Waals surface area contributed by atoms with Gasteiger partial charge in [-0.3, -0.25) is 0 Å². The fourth-order valence-corrected chi connectivity index (χ4v) is 5.80. The molecule has 3 heterocycles. The first kappa shape index (κ1) is 20.4. The summed E-state index contributed by atoms with van der Waals surface area (Å²) in [5.41, 5.74) is 3.54. The number of carbonyl (C=O) groups excluding carboxylic acids is 1. The second-order valence-electron chi connectivity index (χ2n) is 9.27. The van der Waals surface area contributed by atoms with Crippen molar-refractivity contribution in [3.63, 3.8) is 0 Å². The molecular weight excluding hydrogens is 384 g/mol. The minimum absolute atomic E-state index is 0.0759. The fourth-order valence-electron chi connectivity index (χ4n) is 5.80. The number of nitrogens with one attached hydrogen (secondary N) is 1. The highest BCUT2D eigenvalue weighted by molar-refractivity contribution is 5.90. The number of amides is 2. The van der Waals surface area contributed by atoms with Gasteiger partial charge in [0.2, 0.25) is 0 Å². The molecule has 0 radical (unpaired) electrons. The lowest BCUT2D eigenvalue weighted by molar-refractivity contribution is 0.149. The Hall–Kier alpha value is -2.53. The number of likely N-dealkylation sites (N-methyl/N-ethyl adjacent to an activating group) is 1. The van der Waals surface area contributed by atoms with E-state index in [-0.39, 0.29) is 6.03 Å². The van der Waals surface area contributed by atoms with E-state index in [2.05, 4.69) is 75.5 Å². The smallest absolute Gasteiger partial charge is 0.322 e. The highest BCUT2D eigenvalue weighted by atomic mass is 16.2. The Bertz CT molecular complexity index is 879. The predicted octanol–water partition coefficient (Wildman–Crippen LogP) is 4.77. The molecule has 5 heteroatoms. The Kier molecular flexibility index (Phi) is 5.86. The minimum atomic E-state index is 0.0759. The molecule has 5 rings (SSSR count). The van der Waals surface area contributed by atoms with Crippen molar-refractivity contribution in [1.29, 1.82) is 0 Å². The van der Waals surface area contributed by atoms with E-state index in [1.807, 2.05) is 6.07 Å². The van der Waals surface area contributed by atoms with Crippen LogP contribution in [0, 0.1) is 0 Å². The lowest BCUT2D eigenvalue weighted by Crippen LogP contribution is -2.48. The highest BCUT2D eigenvalue weighted by Gasteiger charge is 2.43. The summed E-state index contributed by atoms with van der Waals surface area (Å²) in [6, 6.07) is 20.0. The maximum atomic E-state index is 13.2. The number of benzene rings is 2. The van der Waals surface area contributed by atoms with Gasteiger partial charge in [0.25, 0.3) is 0 Å². The highest BCUT2D eigenvalue weighted by Crippen LogP contribution is 2.43. The molecule has 2 aromatic carbocycles. The Balaban J connectivity index is 1.23. The quantitative estimate of drug-likeness (QED) is 0.777. The van der Waals surface area contributed by atoms with Gasteiger partial charge in [0, 0.05) is 49.6 Å². The number of rotatable bonds is 4. The van der Waals surface area contributed by atoms with E-state index < -0.39 is 0 Å². The molecule has 3 fully saturated rings. The zero-order valence-electron chi connectivity index (χ0n) is 18.5. The molecule has 5 nitrogen and oxygen atoms in total. The van der Waals surface area contributed by atoms with E-state index in [0.29, 0.717) is 18.0 Å². The van der Waals surface area contributed by atoms with Gasteiger partial charge in [0.1, 0.15) is 0 Å². The Morgan fingerprint density at radius 1 is 0.935 bits per heavy atom. The zero-order valence-corrected chi connectivity index (χ0v) is 18.5. The van der Waals surface area contributed by atoms with Crippen molar-refractivity contribution in [1.82, 2.24) is 9.80 Å². The molecule has 3 aliphatic heterocycles. The molecule has 1 unspecified atom stereocenters. The average Bonchev–Trinajstić information content (AvgIpc) is 3.09. The van der Waals surface area contributed by atoms with E-state index >= 15 is 0 Å². The van der Waals surface area contributed by atoms with Gasteiger partial charge in [0.05, 0.1) is 0 Å². The average molecular weight is 419 g/mol. The van der Waals surface area contributed by atoms with Crippen LogP contribution in [-0.4, -0.2) is 60.6 Å². The summed E-state index contributed by atoms with van der Waals surface area (Å²) in [7, 11) is 0. The van der Waals surface area contributed by atoms with Gasteiger partial charge in [-0.15, -0.1) is 0 Å². The van der Waals surface area contributed by atoms with Crippen LogP contribution in [-0.2, 0) is 0 Å². The van der Waals surface area contributed by atoms with Crippen LogP contribution in [0.15, 0.2) is 54.6 Å². The van der Waals surface area contributed by atoms with Crippen LogP contribution in [0.4, 0.5) is 16.2 Å². The third-order valence-corrected chi connectivity index (χ3v) is 7.52. The van der Waals surface area contributed by atoms with Crippen LogP contribution in [0.1, 0.15) is 44.1 Å². The van der Waals surface area contributed by atoms with Gasteiger partial charge in [0.15, 0.2) is 0 Å². The molecule has 1 N–H and O–H groups in total. The minimum Gasteiger partial charge on any atom is -0.369 e. The molecule has 2 bridgehead atoms. The predicted molar refractivity (Wildman–Crippen MR) is 127 cm³/mol. The zero-order chi connectivity index (χ0) is 21.2. The monoisotopic (exact) mass is 418 g/mol. The molecule has 3 aliphatic rings. The molecule has 0 saturated carbocycles. The summed E-state index contributed by atoms with van der Waals surface area (Å²) in [4.78, 5) is 20.3.